The molecule has 1 atom stereocenters. The summed E-state index contributed by atoms with van der Waals surface area (Å²) in [5, 5.41) is 10.1. The molecule has 0 radical (unpaired) electrons. The molecule has 1 aromatic rings. The van der Waals surface area contributed by atoms with Crippen molar-refractivity contribution >= 4 is 0 Å². The van der Waals surface area contributed by atoms with Crippen LogP contribution < -0.4 is 0 Å². The lowest BCUT2D eigenvalue weighted by Crippen LogP contribution is -2.15. The highest BCUT2D eigenvalue weighted by molar-refractivity contribution is 4.91. The Kier molecular flexibility index (Phi) is 5.24. The Balaban J connectivity index is 1.71. The van der Waals surface area contributed by atoms with Crippen molar-refractivity contribution in [1.29, 1.82) is 0 Å². The van der Waals surface area contributed by atoms with Gasteiger partial charge in [0.25, 0.3) is 0 Å². The van der Waals surface area contributed by atoms with Crippen molar-refractivity contribution in [1.82, 2.24) is 9.55 Å². The van der Waals surface area contributed by atoms with Gasteiger partial charge >= 0.3 is 0 Å². The van der Waals surface area contributed by atoms with E-state index in [0.29, 0.717) is 0 Å². The molecule has 2 rings (SSSR count). The summed E-state index contributed by atoms with van der Waals surface area (Å²) in [7, 11) is 2.01. The molecule has 1 aromatic heterocycles. The van der Waals surface area contributed by atoms with Gasteiger partial charge in [-0.2, -0.15) is 0 Å². The van der Waals surface area contributed by atoms with Crippen LogP contribution in [0.5, 0.6) is 0 Å². The van der Waals surface area contributed by atoms with Crippen LogP contribution in [0.25, 0.3) is 0 Å². The average Bonchev–Trinajstić information content (AvgIpc) is 2.61. The quantitative estimate of drug-likeness (QED) is 0.816. The number of hydrogen-bond acceptors (Lipinski definition) is 2. The van der Waals surface area contributed by atoms with Crippen LogP contribution in [-0.2, 0) is 13.5 Å². The van der Waals surface area contributed by atoms with Crippen LogP contribution in [-0.4, -0.2) is 20.8 Å². The second-order valence-electron chi connectivity index (χ2n) is 5.74. The van der Waals surface area contributed by atoms with Crippen molar-refractivity contribution in [3.8, 4) is 0 Å². The molecular weight excluding hydrogens is 224 g/mol. The van der Waals surface area contributed by atoms with Gasteiger partial charge in [-0.05, 0) is 18.8 Å². The smallest absolute Gasteiger partial charge is 0.108 e. The molecule has 1 heterocycles. The number of aromatic nitrogens is 2. The number of rotatable bonds is 5. The second kappa shape index (κ2) is 6.93. The van der Waals surface area contributed by atoms with Crippen molar-refractivity contribution in [3.63, 3.8) is 0 Å². The molecule has 1 aliphatic carbocycles. The SMILES string of the molecule is Cn1ccnc1CCC(O)CC1CCCCCC1. The van der Waals surface area contributed by atoms with Crippen molar-refractivity contribution < 1.29 is 5.11 Å². The van der Waals surface area contributed by atoms with Crippen molar-refractivity contribution in [2.75, 3.05) is 0 Å². The van der Waals surface area contributed by atoms with Gasteiger partial charge in [0, 0.05) is 25.9 Å². The molecule has 0 aromatic carbocycles. The monoisotopic (exact) mass is 250 g/mol. The first-order valence-electron chi connectivity index (χ1n) is 7.40. The number of aliphatic hydroxyl groups excluding tert-OH is 1. The molecule has 1 saturated carbocycles. The fraction of sp³-hybridized carbons (Fsp3) is 0.800. The van der Waals surface area contributed by atoms with E-state index in [-0.39, 0.29) is 6.10 Å². The predicted molar refractivity (Wildman–Crippen MR) is 73.3 cm³/mol. The van der Waals surface area contributed by atoms with E-state index in [1.54, 1.807) is 0 Å². The molecule has 1 N–H and O–H groups in total. The van der Waals surface area contributed by atoms with E-state index in [0.717, 1.165) is 31.0 Å². The Labute approximate surface area is 110 Å². The summed E-state index contributed by atoms with van der Waals surface area (Å²) >= 11 is 0. The van der Waals surface area contributed by atoms with E-state index < -0.39 is 0 Å². The molecule has 3 heteroatoms. The lowest BCUT2D eigenvalue weighted by molar-refractivity contribution is 0.128. The maximum Gasteiger partial charge on any atom is 0.108 e. The first-order valence-corrected chi connectivity index (χ1v) is 7.40. The fourth-order valence-corrected chi connectivity index (χ4v) is 3.04. The average molecular weight is 250 g/mol. The van der Waals surface area contributed by atoms with E-state index in [2.05, 4.69) is 4.98 Å². The largest absolute Gasteiger partial charge is 0.393 e. The Hall–Kier alpha value is -0.830. The topological polar surface area (TPSA) is 38.0 Å². The van der Waals surface area contributed by atoms with Crippen LogP contribution in [0.2, 0.25) is 0 Å². The highest BCUT2D eigenvalue weighted by Crippen LogP contribution is 2.27. The van der Waals surface area contributed by atoms with Crippen LogP contribution in [0.4, 0.5) is 0 Å². The van der Waals surface area contributed by atoms with Crippen LogP contribution in [0.15, 0.2) is 12.4 Å². The fourth-order valence-electron chi connectivity index (χ4n) is 3.04. The number of aliphatic hydroxyl groups is 1. The molecule has 0 amide bonds. The molecule has 1 unspecified atom stereocenters. The van der Waals surface area contributed by atoms with Crippen molar-refractivity contribution in [3.05, 3.63) is 18.2 Å². The van der Waals surface area contributed by atoms with Crippen molar-refractivity contribution in [2.45, 2.75) is 63.9 Å². The molecule has 0 aliphatic heterocycles. The molecule has 0 bridgehead atoms. The molecule has 0 saturated heterocycles. The first-order chi connectivity index (χ1) is 8.75. The zero-order valence-corrected chi connectivity index (χ0v) is 11.5. The number of hydrogen-bond donors (Lipinski definition) is 1. The lowest BCUT2D eigenvalue weighted by Gasteiger charge is -2.18. The minimum atomic E-state index is -0.148. The van der Waals surface area contributed by atoms with Crippen LogP contribution in [0, 0.1) is 5.92 Å². The molecule has 0 spiro atoms. The van der Waals surface area contributed by atoms with E-state index in [1.165, 1.54) is 38.5 Å². The maximum absolute atomic E-state index is 10.1. The summed E-state index contributed by atoms with van der Waals surface area (Å²) < 4.78 is 2.04. The van der Waals surface area contributed by atoms with Crippen LogP contribution in [0.3, 0.4) is 0 Å². The van der Waals surface area contributed by atoms with E-state index >= 15 is 0 Å². The first kappa shape index (κ1) is 13.6. The van der Waals surface area contributed by atoms with E-state index in [9.17, 15) is 5.11 Å². The van der Waals surface area contributed by atoms with Gasteiger partial charge in [0.2, 0.25) is 0 Å². The van der Waals surface area contributed by atoms with Gasteiger partial charge in [-0.1, -0.05) is 38.5 Å². The summed E-state index contributed by atoms with van der Waals surface area (Å²) in [4.78, 5) is 4.30. The summed E-state index contributed by atoms with van der Waals surface area (Å²) in [6.45, 7) is 0. The maximum atomic E-state index is 10.1. The molecule has 18 heavy (non-hydrogen) atoms. The third-order valence-corrected chi connectivity index (χ3v) is 4.20. The normalized spacial score (nSPS) is 19.7. The summed E-state index contributed by atoms with van der Waals surface area (Å²) in [6.07, 6.45) is 14.5. The number of nitrogens with zero attached hydrogens (tertiary/aromatic N) is 2. The Morgan fingerprint density at radius 3 is 2.67 bits per heavy atom. The van der Waals surface area contributed by atoms with Crippen LogP contribution >= 0.6 is 0 Å². The molecule has 1 aliphatic rings. The van der Waals surface area contributed by atoms with Gasteiger partial charge in [0.1, 0.15) is 5.82 Å². The Bertz CT molecular complexity index is 340. The number of aryl methyl sites for hydroxylation is 2. The Morgan fingerprint density at radius 1 is 1.33 bits per heavy atom. The zero-order chi connectivity index (χ0) is 12.8. The predicted octanol–water partition coefficient (Wildman–Crippen LogP) is 3.07. The van der Waals surface area contributed by atoms with Gasteiger partial charge in [0.05, 0.1) is 6.10 Å². The van der Waals surface area contributed by atoms with Gasteiger partial charge in [-0.3, -0.25) is 0 Å². The molecule has 102 valence electrons. The summed E-state index contributed by atoms with van der Waals surface area (Å²) in [6, 6.07) is 0. The minimum Gasteiger partial charge on any atom is -0.393 e. The summed E-state index contributed by atoms with van der Waals surface area (Å²) in [5.41, 5.74) is 0. The standard InChI is InChI=1S/C15H26N2O/c1-17-11-10-16-15(17)9-8-14(18)12-13-6-4-2-3-5-7-13/h10-11,13-14,18H,2-9,12H2,1H3. The third-order valence-electron chi connectivity index (χ3n) is 4.20. The third kappa shape index (κ3) is 4.13. The zero-order valence-electron chi connectivity index (χ0n) is 11.5. The van der Waals surface area contributed by atoms with Gasteiger partial charge in [0.15, 0.2) is 0 Å². The number of imidazole rings is 1. The van der Waals surface area contributed by atoms with Gasteiger partial charge < -0.3 is 9.67 Å². The minimum absolute atomic E-state index is 0.148. The molecule has 3 nitrogen and oxygen atoms in total. The van der Waals surface area contributed by atoms with Crippen molar-refractivity contribution in [2.24, 2.45) is 13.0 Å². The molecular formula is C15H26N2O. The van der Waals surface area contributed by atoms with Gasteiger partial charge in [-0.15, -0.1) is 0 Å². The lowest BCUT2D eigenvalue weighted by atomic mass is 9.92. The molecule has 1 fully saturated rings. The van der Waals surface area contributed by atoms with Crippen LogP contribution in [0.1, 0.15) is 57.2 Å². The van der Waals surface area contributed by atoms with E-state index in [1.807, 2.05) is 24.0 Å². The van der Waals surface area contributed by atoms with Gasteiger partial charge in [-0.25, -0.2) is 4.98 Å². The van der Waals surface area contributed by atoms with E-state index in [4.69, 9.17) is 0 Å². The highest BCUT2D eigenvalue weighted by atomic mass is 16.3. The second-order valence-corrected chi connectivity index (χ2v) is 5.74. The summed E-state index contributed by atoms with van der Waals surface area (Å²) in [5.74, 6) is 1.83. The highest BCUT2D eigenvalue weighted by Gasteiger charge is 2.16. The Morgan fingerprint density at radius 2 is 2.06 bits per heavy atom.